The number of benzene rings is 1. The minimum Gasteiger partial charge on any atom is -0.469 e. The third-order valence-corrected chi connectivity index (χ3v) is 3.03. The lowest BCUT2D eigenvalue weighted by Gasteiger charge is -2.11. The summed E-state index contributed by atoms with van der Waals surface area (Å²) in [6, 6.07) is 7.96. The monoisotopic (exact) mass is 333 g/mol. The van der Waals surface area contributed by atoms with Crippen LogP contribution in [0.4, 0.5) is 0 Å². The Balaban J connectivity index is 0.000000650. The zero-order valence-corrected chi connectivity index (χ0v) is 16.2. The van der Waals surface area contributed by atoms with Gasteiger partial charge < -0.3 is 9.84 Å². The second-order valence-corrected chi connectivity index (χ2v) is 6.24. The number of methoxy groups -OCH3 is 1. The number of aromatic nitrogens is 1. The molecule has 0 saturated heterocycles. The number of esters is 1. The minimum atomic E-state index is -0.500. The molecule has 24 heavy (non-hydrogen) atoms. The Morgan fingerprint density at radius 2 is 1.67 bits per heavy atom. The highest BCUT2D eigenvalue weighted by Gasteiger charge is 2.12. The third kappa shape index (κ3) is 7.55. The number of hydrogen-bond acceptors (Lipinski definition) is 4. The Morgan fingerprint density at radius 1 is 1.17 bits per heavy atom. The molecule has 4 heteroatoms. The van der Waals surface area contributed by atoms with Crippen LogP contribution in [0.15, 0.2) is 24.3 Å². The van der Waals surface area contributed by atoms with Gasteiger partial charge in [0.2, 0.25) is 0 Å². The molecule has 0 saturated carbocycles. The van der Waals surface area contributed by atoms with Gasteiger partial charge in [-0.25, -0.2) is 0 Å². The Bertz CT molecular complexity index is 652. The standard InChI is InChI=1S/C14H15NO2.C4H10O.C2H6/c1-9-11-6-4-5-7-13(11)15-10(2)12(9)8-14(16)17-3;1-4(2,3)5;1-2/h4-7H,8H2,1-3H3;5H,1-3H3;1-2H3. The molecular weight excluding hydrogens is 302 g/mol. The second-order valence-electron chi connectivity index (χ2n) is 6.24. The maximum Gasteiger partial charge on any atom is 0.310 e. The van der Waals surface area contributed by atoms with E-state index in [4.69, 9.17) is 9.84 Å². The zero-order chi connectivity index (χ0) is 18.9. The summed E-state index contributed by atoms with van der Waals surface area (Å²) in [7, 11) is 1.40. The van der Waals surface area contributed by atoms with Crippen molar-refractivity contribution in [2.24, 2.45) is 0 Å². The number of fused-ring (bicyclic) bond motifs is 1. The molecule has 0 radical (unpaired) electrons. The lowest BCUT2D eigenvalue weighted by molar-refractivity contribution is -0.139. The molecular formula is C20H31NO3. The quantitative estimate of drug-likeness (QED) is 0.829. The number of nitrogens with zero attached hydrogens (tertiary/aromatic N) is 1. The topological polar surface area (TPSA) is 59.4 Å². The maximum atomic E-state index is 11.4. The molecule has 0 atom stereocenters. The van der Waals surface area contributed by atoms with Gasteiger partial charge in [0.05, 0.1) is 24.6 Å². The van der Waals surface area contributed by atoms with Gasteiger partial charge in [-0.2, -0.15) is 0 Å². The number of aliphatic hydroxyl groups is 1. The van der Waals surface area contributed by atoms with Crippen LogP contribution >= 0.6 is 0 Å². The Hall–Kier alpha value is -1.94. The highest BCUT2D eigenvalue weighted by Crippen LogP contribution is 2.22. The number of carbonyl (C=O) groups excluding carboxylic acids is 1. The molecule has 0 bridgehead atoms. The van der Waals surface area contributed by atoms with E-state index in [-0.39, 0.29) is 12.4 Å². The Morgan fingerprint density at radius 3 is 2.17 bits per heavy atom. The van der Waals surface area contributed by atoms with Crippen LogP contribution < -0.4 is 0 Å². The summed E-state index contributed by atoms with van der Waals surface area (Å²) in [5.41, 5.74) is 3.44. The van der Waals surface area contributed by atoms with Gasteiger partial charge in [-0.1, -0.05) is 32.0 Å². The van der Waals surface area contributed by atoms with Gasteiger partial charge in [-0.3, -0.25) is 9.78 Å². The first-order valence-electron chi connectivity index (χ1n) is 8.27. The van der Waals surface area contributed by atoms with Crippen molar-refractivity contribution in [1.29, 1.82) is 0 Å². The molecule has 0 unspecified atom stereocenters. The van der Waals surface area contributed by atoms with E-state index in [1.54, 1.807) is 20.8 Å². The predicted octanol–water partition coefficient (Wildman–Crippen LogP) is 4.37. The molecule has 0 amide bonds. The van der Waals surface area contributed by atoms with E-state index < -0.39 is 5.60 Å². The van der Waals surface area contributed by atoms with Crippen molar-refractivity contribution in [3.05, 3.63) is 41.1 Å². The largest absolute Gasteiger partial charge is 0.469 e. The number of carbonyl (C=O) groups is 1. The lowest BCUT2D eigenvalue weighted by atomic mass is 10.00. The van der Waals surface area contributed by atoms with Crippen molar-refractivity contribution >= 4 is 16.9 Å². The fraction of sp³-hybridized carbons (Fsp3) is 0.500. The average Bonchev–Trinajstić information content (AvgIpc) is 2.51. The average molecular weight is 333 g/mol. The van der Waals surface area contributed by atoms with Crippen LogP contribution in [0.2, 0.25) is 0 Å². The number of pyridine rings is 1. The fourth-order valence-electron chi connectivity index (χ4n) is 2.05. The Labute approximate surface area is 145 Å². The van der Waals surface area contributed by atoms with Crippen LogP contribution in [0.5, 0.6) is 0 Å². The maximum absolute atomic E-state index is 11.4. The van der Waals surface area contributed by atoms with Crippen LogP contribution in [0.3, 0.4) is 0 Å². The molecule has 1 heterocycles. The van der Waals surface area contributed by atoms with Crippen molar-refractivity contribution in [3.8, 4) is 0 Å². The minimum absolute atomic E-state index is 0.228. The SMILES string of the molecule is CC.CC(C)(C)O.COC(=O)Cc1c(C)nc2ccccc2c1C. The molecule has 1 aromatic carbocycles. The molecule has 1 N–H and O–H groups in total. The first-order chi connectivity index (χ1) is 11.1. The van der Waals surface area contributed by atoms with E-state index in [1.807, 2.05) is 52.0 Å². The fourth-order valence-corrected chi connectivity index (χ4v) is 2.05. The van der Waals surface area contributed by atoms with Crippen molar-refractivity contribution in [2.75, 3.05) is 7.11 Å². The van der Waals surface area contributed by atoms with Crippen LogP contribution in [-0.4, -0.2) is 28.8 Å². The summed E-state index contributed by atoms with van der Waals surface area (Å²) in [5, 5.41) is 9.62. The highest BCUT2D eigenvalue weighted by molar-refractivity contribution is 5.85. The van der Waals surface area contributed by atoms with Gasteiger partial charge in [0.15, 0.2) is 0 Å². The highest BCUT2D eigenvalue weighted by atomic mass is 16.5. The predicted molar refractivity (Wildman–Crippen MR) is 100 cm³/mol. The molecule has 1 aromatic heterocycles. The molecule has 2 rings (SSSR count). The molecule has 0 spiro atoms. The number of para-hydroxylation sites is 1. The summed E-state index contributed by atoms with van der Waals surface area (Å²) in [6.45, 7) is 13.2. The molecule has 0 aliphatic rings. The van der Waals surface area contributed by atoms with Gasteiger partial charge in [0, 0.05) is 11.1 Å². The van der Waals surface area contributed by atoms with Gasteiger partial charge >= 0.3 is 5.97 Å². The van der Waals surface area contributed by atoms with Gasteiger partial charge in [0.25, 0.3) is 0 Å². The summed E-state index contributed by atoms with van der Waals surface area (Å²) < 4.78 is 4.71. The first kappa shape index (κ1) is 22.1. The summed E-state index contributed by atoms with van der Waals surface area (Å²) >= 11 is 0. The number of hydrogen-bond donors (Lipinski definition) is 1. The van der Waals surface area contributed by atoms with Gasteiger partial charge in [-0.15, -0.1) is 0 Å². The number of ether oxygens (including phenoxy) is 1. The van der Waals surface area contributed by atoms with E-state index in [0.717, 1.165) is 27.7 Å². The second kappa shape index (κ2) is 10.0. The van der Waals surface area contributed by atoms with Crippen molar-refractivity contribution in [3.63, 3.8) is 0 Å². The number of rotatable bonds is 2. The van der Waals surface area contributed by atoms with Gasteiger partial charge in [0.1, 0.15) is 0 Å². The van der Waals surface area contributed by atoms with E-state index >= 15 is 0 Å². The van der Waals surface area contributed by atoms with Crippen molar-refractivity contribution < 1.29 is 14.6 Å². The van der Waals surface area contributed by atoms with E-state index in [0.29, 0.717) is 0 Å². The molecule has 134 valence electrons. The van der Waals surface area contributed by atoms with Crippen LogP contribution in [0.1, 0.15) is 51.4 Å². The molecule has 2 aromatic rings. The molecule has 0 fully saturated rings. The molecule has 0 aliphatic heterocycles. The van der Waals surface area contributed by atoms with E-state index in [2.05, 4.69) is 4.98 Å². The Kier molecular flexibility index (Phi) is 9.22. The van der Waals surface area contributed by atoms with Crippen LogP contribution in [-0.2, 0) is 16.0 Å². The summed E-state index contributed by atoms with van der Waals surface area (Å²) in [6.07, 6.45) is 0.284. The molecule has 0 aliphatic carbocycles. The smallest absolute Gasteiger partial charge is 0.310 e. The van der Waals surface area contributed by atoms with E-state index in [1.165, 1.54) is 7.11 Å². The summed E-state index contributed by atoms with van der Waals surface area (Å²) in [4.78, 5) is 15.9. The van der Waals surface area contributed by atoms with Crippen molar-refractivity contribution in [1.82, 2.24) is 4.98 Å². The lowest BCUT2D eigenvalue weighted by Crippen LogP contribution is -2.10. The van der Waals surface area contributed by atoms with Crippen LogP contribution in [0, 0.1) is 13.8 Å². The third-order valence-electron chi connectivity index (χ3n) is 3.03. The van der Waals surface area contributed by atoms with E-state index in [9.17, 15) is 4.79 Å². The molecule has 4 nitrogen and oxygen atoms in total. The van der Waals surface area contributed by atoms with Crippen LogP contribution in [0.25, 0.3) is 10.9 Å². The first-order valence-corrected chi connectivity index (χ1v) is 8.27. The normalized spacial score (nSPS) is 10.2. The summed E-state index contributed by atoms with van der Waals surface area (Å²) in [5.74, 6) is -0.228. The number of aryl methyl sites for hydroxylation is 2. The zero-order valence-electron chi connectivity index (χ0n) is 16.2. The van der Waals surface area contributed by atoms with Crippen molar-refractivity contribution in [2.45, 2.75) is 60.5 Å². The van der Waals surface area contributed by atoms with Gasteiger partial charge in [-0.05, 0) is 51.8 Å².